The van der Waals surface area contributed by atoms with Crippen molar-refractivity contribution in [2.75, 3.05) is 6.16 Å². The van der Waals surface area contributed by atoms with Crippen molar-refractivity contribution in [2.45, 2.75) is 20.8 Å². The van der Waals surface area contributed by atoms with Gasteiger partial charge in [0.25, 0.3) is 0 Å². The molecule has 1 heterocycles. The Bertz CT molecular complexity index is 731. The van der Waals surface area contributed by atoms with E-state index in [4.69, 9.17) is 0 Å². The Morgan fingerprint density at radius 1 is 1.21 bits per heavy atom. The van der Waals surface area contributed by atoms with Crippen LogP contribution in [0.1, 0.15) is 26.3 Å². The highest BCUT2D eigenvalue weighted by atomic mass is 31.1. The lowest BCUT2D eigenvalue weighted by Crippen LogP contribution is -2.11. The Morgan fingerprint density at radius 2 is 1.92 bits per heavy atom. The highest BCUT2D eigenvalue weighted by molar-refractivity contribution is 7.42. The van der Waals surface area contributed by atoms with Crippen molar-refractivity contribution in [3.63, 3.8) is 0 Å². The maximum Gasteiger partial charge on any atom is 0.135 e. The zero-order valence-electron chi connectivity index (χ0n) is 14.2. The summed E-state index contributed by atoms with van der Waals surface area (Å²) >= 11 is 0. The molecule has 0 radical (unpaired) electrons. The molecule has 24 heavy (non-hydrogen) atoms. The standard InChI is InChI=1S/C20H22F2NP/c1-4-10-23-20(19-17(21)8-5-9-18(19)22)16(12-14(2)3)15-7-6-11-24-13-15/h4-10,12-13,23-24H,11H2,1-3H3/b10-4+,20-16+. The van der Waals surface area contributed by atoms with E-state index in [1.807, 2.05) is 32.9 Å². The third kappa shape index (κ3) is 4.52. The zero-order valence-corrected chi connectivity index (χ0v) is 15.2. The van der Waals surface area contributed by atoms with Gasteiger partial charge in [0.05, 0.1) is 11.3 Å². The van der Waals surface area contributed by atoms with Gasteiger partial charge in [-0.15, -0.1) is 0 Å². The molecule has 0 aromatic heterocycles. The maximum atomic E-state index is 14.4. The molecule has 0 saturated heterocycles. The number of hydrogen-bond acceptors (Lipinski definition) is 1. The van der Waals surface area contributed by atoms with Crippen LogP contribution in [0.25, 0.3) is 5.70 Å². The molecule has 1 N–H and O–H groups in total. The molecule has 0 fully saturated rings. The number of halogens is 2. The van der Waals surface area contributed by atoms with Crippen molar-refractivity contribution in [3.05, 3.63) is 88.4 Å². The minimum Gasteiger partial charge on any atom is -0.361 e. The lowest BCUT2D eigenvalue weighted by molar-refractivity contribution is 0.575. The second-order valence-corrected chi connectivity index (χ2v) is 6.77. The summed E-state index contributed by atoms with van der Waals surface area (Å²) in [5, 5.41) is 3.07. The van der Waals surface area contributed by atoms with Gasteiger partial charge in [0.2, 0.25) is 0 Å². The molecule has 1 aliphatic heterocycles. The molecule has 0 spiro atoms. The third-order valence-corrected chi connectivity index (χ3v) is 4.40. The van der Waals surface area contributed by atoms with Crippen LogP contribution in [0.4, 0.5) is 8.78 Å². The Morgan fingerprint density at radius 3 is 2.46 bits per heavy atom. The van der Waals surface area contributed by atoms with Crippen LogP contribution < -0.4 is 5.32 Å². The van der Waals surface area contributed by atoms with Gasteiger partial charge in [0.15, 0.2) is 0 Å². The summed E-state index contributed by atoms with van der Waals surface area (Å²) in [6.07, 6.45) is 10.6. The first-order chi connectivity index (χ1) is 11.5. The summed E-state index contributed by atoms with van der Waals surface area (Å²) in [5.41, 5.74) is 3.24. The molecule has 4 heteroatoms. The molecule has 0 aliphatic carbocycles. The van der Waals surface area contributed by atoms with E-state index in [0.717, 1.165) is 22.9 Å². The molecular weight excluding hydrogens is 323 g/mol. The van der Waals surface area contributed by atoms with Crippen LogP contribution >= 0.6 is 8.58 Å². The van der Waals surface area contributed by atoms with Crippen LogP contribution in [-0.4, -0.2) is 6.16 Å². The van der Waals surface area contributed by atoms with Crippen LogP contribution in [0.15, 0.2) is 71.2 Å². The summed E-state index contributed by atoms with van der Waals surface area (Å²) < 4.78 is 28.8. The summed E-state index contributed by atoms with van der Waals surface area (Å²) in [5.74, 6) is 0.971. The van der Waals surface area contributed by atoms with Crippen LogP contribution in [0, 0.1) is 11.6 Å². The molecule has 1 aromatic rings. The number of rotatable bonds is 5. The highest BCUT2D eigenvalue weighted by Crippen LogP contribution is 2.33. The van der Waals surface area contributed by atoms with Gasteiger partial charge in [-0.25, -0.2) is 8.78 Å². The minimum atomic E-state index is -0.579. The molecule has 1 unspecified atom stereocenters. The minimum absolute atomic E-state index is 0.0358. The Labute approximate surface area is 144 Å². The Hall–Kier alpha value is -1.99. The van der Waals surface area contributed by atoms with E-state index in [0.29, 0.717) is 14.3 Å². The third-order valence-electron chi connectivity index (χ3n) is 3.41. The summed E-state index contributed by atoms with van der Waals surface area (Å²) in [4.78, 5) is 0. The fourth-order valence-electron chi connectivity index (χ4n) is 2.41. The van der Waals surface area contributed by atoms with E-state index in [1.165, 1.54) is 18.2 Å². The average Bonchev–Trinajstić information content (AvgIpc) is 2.56. The van der Waals surface area contributed by atoms with Crippen LogP contribution in [0.2, 0.25) is 0 Å². The molecule has 126 valence electrons. The Kier molecular flexibility index (Phi) is 6.69. The Balaban J connectivity index is 2.76. The second-order valence-electron chi connectivity index (χ2n) is 5.66. The van der Waals surface area contributed by atoms with Gasteiger partial charge in [-0.2, -0.15) is 0 Å². The quantitative estimate of drug-likeness (QED) is 0.518. The predicted octanol–water partition coefficient (Wildman–Crippen LogP) is 5.90. The van der Waals surface area contributed by atoms with E-state index in [9.17, 15) is 8.78 Å². The first kappa shape index (κ1) is 18.4. The summed E-state index contributed by atoms with van der Waals surface area (Å²) in [6.45, 7) is 5.80. The van der Waals surface area contributed by atoms with Crippen molar-refractivity contribution in [2.24, 2.45) is 0 Å². The van der Waals surface area contributed by atoms with Crippen LogP contribution in [0.5, 0.6) is 0 Å². The first-order valence-electron chi connectivity index (χ1n) is 7.86. The van der Waals surface area contributed by atoms with Crippen LogP contribution in [0.3, 0.4) is 0 Å². The molecule has 1 atom stereocenters. The molecule has 0 saturated carbocycles. The van der Waals surface area contributed by atoms with Crippen molar-refractivity contribution in [3.8, 4) is 0 Å². The zero-order chi connectivity index (χ0) is 17.5. The van der Waals surface area contributed by atoms with Crippen molar-refractivity contribution < 1.29 is 8.78 Å². The molecule has 0 amide bonds. The molecule has 1 aliphatic rings. The molecule has 1 nitrogen and oxygen atoms in total. The van der Waals surface area contributed by atoms with Gasteiger partial charge in [-0.1, -0.05) is 50.3 Å². The van der Waals surface area contributed by atoms with E-state index in [-0.39, 0.29) is 5.56 Å². The fourth-order valence-corrected chi connectivity index (χ4v) is 3.26. The topological polar surface area (TPSA) is 12.0 Å². The number of benzene rings is 1. The van der Waals surface area contributed by atoms with Gasteiger partial charge in [-0.3, -0.25) is 0 Å². The van der Waals surface area contributed by atoms with Gasteiger partial charge in [0, 0.05) is 5.57 Å². The molecule has 0 bridgehead atoms. The molecule has 1 aromatic carbocycles. The van der Waals surface area contributed by atoms with Crippen molar-refractivity contribution in [1.82, 2.24) is 5.32 Å². The average molecular weight is 345 g/mol. The van der Waals surface area contributed by atoms with Crippen LogP contribution in [-0.2, 0) is 0 Å². The molecular formula is C20H22F2NP. The smallest absolute Gasteiger partial charge is 0.135 e. The van der Waals surface area contributed by atoms with Gasteiger partial charge in [0.1, 0.15) is 11.6 Å². The SMILES string of the molecule is C/C=C/N/C(=C(\C=C(C)C)C1=CPCC=C1)c1c(F)cccc1F. The van der Waals surface area contributed by atoms with E-state index in [2.05, 4.69) is 17.2 Å². The number of allylic oxidation sites excluding steroid dienone is 7. The van der Waals surface area contributed by atoms with Gasteiger partial charge in [-0.05, 0) is 50.8 Å². The number of nitrogens with one attached hydrogen (secondary N) is 1. The lowest BCUT2D eigenvalue weighted by Gasteiger charge is -2.18. The number of hydrogen-bond donors (Lipinski definition) is 1. The summed E-state index contributed by atoms with van der Waals surface area (Å²) in [7, 11) is 0.673. The largest absolute Gasteiger partial charge is 0.361 e. The normalized spacial score (nSPS) is 16.1. The maximum absolute atomic E-state index is 14.4. The van der Waals surface area contributed by atoms with Gasteiger partial charge < -0.3 is 5.32 Å². The monoisotopic (exact) mass is 345 g/mol. The van der Waals surface area contributed by atoms with Crippen molar-refractivity contribution in [1.29, 1.82) is 0 Å². The lowest BCUT2D eigenvalue weighted by atomic mass is 9.97. The second kappa shape index (κ2) is 8.75. The van der Waals surface area contributed by atoms with E-state index >= 15 is 0 Å². The molecule has 2 rings (SSSR count). The van der Waals surface area contributed by atoms with E-state index < -0.39 is 11.6 Å². The first-order valence-corrected chi connectivity index (χ1v) is 9.14. The predicted molar refractivity (Wildman–Crippen MR) is 101 cm³/mol. The van der Waals surface area contributed by atoms with Gasteiger partial charge >= 0.3 is 0 Å². The highest BCUT2D eigenvalue weighted by Gasteiger charge is 2.18. The van der Waals surface area contributed by atoms with E-state index in [1.54, 1.807) is 12.3 Å². The summed E-state index contributed by atoms with van der Waals surface area (Å²) in [6, 6.07) is 3.94. The fraction of sp³-hybridized carbons (Fsp3) is 0.200. The van der Waals surface area contributed by atoms with Crippen molar-refractivity contribution >= 4 is 14.3 Å².